The lowest BCUT2D eigenvalue weighted by Gasteiger charge is -2.29. The lowest BCUT2D eigenvalue weighted by atomic mass is 9.77. The first-order chi connectivity index (χ1) is 14.8. The van der Waals surface area contributed by atoms with Gasteiger partial charge in [-0.25, -0.2) is 0 Å². The van der Waals surface area contributed by atoms with E-state index in [4.69, 9.17) is 0 Å². The highest BCUT2D eigenvalue weighted by Crippen LogP contribution is 2.37. The van der Waals surface area contributed by atoms with Gasteiger partial charge < -0.3 is 0 Å². The molecule has 0 nitrogen and oxygen atoms in total. The molecule has 3 rings (SSSR count). The molecule has 1 fully saturated rings. The van der Waals surface area contributed by atoms with E-state index in [1.807, 2.05) is 0 Å². The molecule has 0 atom stereocenters. The van der Waals surface area contributed by atoms with Crippen molar-refractivity contribution in [2.45, 2.75) is 96.8 Å². The van der Waals surface area contributed by atoms with Crippen LogP contribution in [0.5, 0.6) is 0 Å². The third-order valence-corrected chi connectivity index (χ3v) is 6.96. The first-order valence-electron chi connectivity index (χ1n) is 12.6. The molecule has 1 aliphatic rings. The van der Waals surface area contributed by atoms with Gasteiger partial charge in [0, 0.05) is 0 Å². The Morgan fingerprint density at radius 2 is 1.37 bits per heavy atom. The van der Waals surface area contributed by atoms with Crippen molar-refractivity contribution in [2.24, 2.45) is 5.92 Å². The molecule has 0 heteroatoms. The molecule has 30 heavy (non-hydrogen) atoms. The fourth-order valence-electron chi connectivity index (χ4n) is 4.89. The van der Waals surface area contributed by atoms with E-state index in [1.54, 1.807) is 5.56 Å². The van der Waals surface area contributed by atoms with Crippen LogP contribution in [0, 0.1) is 5.92 Å². The fraction of sp³-hybridized carbons (Fsp3) is 0.533. The van der Waals surface area contributed by atoms with E-state index in [9.17, 15) is 0 Å². The van der Waals surface area contributed by atoms with Crippen LogP contribution in [0.15, 0.2) is 54.6 Å². The predicted octanol–water partition coefficient (Wildman–Crippen LogP) is 9.14. The molecule has 0 aliphatic heterocycles. The molecule has 0 N–H and O–H groups in total. The van der Waals surface area contributed by atoms with E-state index in [-0.39, 0.29) is 0 Å². The van der Waals surface area contributed by atoms with Gasteiger partial charge in [-0.2, -0.15) is 0 Å². The third kappa shape index (κ3) is 7.46. The van der Waals surface area contributed by atoms with E-state index in [0.29, 0.717) is 0 Å². The molecule has 0 heterocycles. The molecule has 0 saturated heterocycles. The molecule has 0 bridgehead atoms. The second kappa shape index (κ2) is 12.8. The molecular weight excluding hydrogens is 360 g/mol. The molecule has 0 unspecified atom stereocenters. The number of allylic oxidation sites excluding steroid dienone is 1. The molecular formula is C30H42. The molecule has 2 aromatic rings. The van der Waals surface area contributed by atoms with Crippen LogP contribution in [0.1, 0.15) is 106 Å². The number of hydrogen-bond donors (Lipinski definition) is 0. The highest BCUT2D eigenvalue weighted by molar-refractivity contribution is 5.49. The highest BCUT2D eigenvalue weighted by atomic mass is 14.3. The summed E-state index contributed by atoms with van der Waals surface area (Å²) in [6.45, 7) is 4.53. The Balaban J connectivity index is 1.43. The molecule has 1 saturated carbocycles. The molecule has 0 amide bonds. The normalized spacial score (nSPS) is 19.4. The maximum absolute atomic E-state index is 2.42. The molecule has 1 aliphatic carbocycles. The van der Waals surface area contributed by atoms with E-state index < -0.39 is 0 Å². The van der Waals surface area contributed by atoms with E-state index in [2.05, 4.69) is 74.5 Å². The molecule has 0 aromatic heterocycles. The van der Waals surface area contributed by atoms with Crippen molar-refractivity contribution in [3.05, 3.63) is 76.9 Å². The summed E-state index contributed by atoms with van der Waals surface area (Å²) < 4.78 is 0. The van der Waals surface area contributed by atoms with Crippen molar-refractivity contribution in [1.29, 1.82) is 0 Å². The summed E-state index contributed by atoms with van der Waals surface area (Å²) >= 11 is 0. The lowest BCUT2D eigenvalue weighted by molar-refractivity contribution is 0.303. The largest absolute Gasteiger partial charge is 0.0840 e. The van der Waals surface area contributed by atoms with Crippen LogP contribution < -0.4 is 0 Å². The van der Waals surface area contributed by atoms with E-state index in [1.165, 1.54) is 74.5 Å². The summed E-state index contributed by atoms with van der Waals surface area (Å²) in [5, 5.41) is 0. The average molecular weight is 403 g/mol. The zero-order chi connectivity index (χ0) is 21.0. The van der Waals surface area contributed by atoms with Crippen molar-refractivity contribution in [3.63, 3.8) is 0 Å². The van der Waals surface area contributed by atoms with E-state index in [0.717, 1.165) is 31.1 Å². The summed E-state index contributed by atoms with van der Waals surface area (Å²) in [6.07, 6.45) is 20.5. The second-order valence-corrected chi connectivity index (χ2v) is 9.39. The quantitative estimate of drug-likeness (QED) is 0.329. The van der Waals surface area contributed by atoms with E-state index >= 15 is 0 Å². The van der Waals surface area contributed by atoms with Gasteiger partial charge in [-0.3, -0.25) is 0 Å². The van der Waals surface area contributed by atoms with Crippen molar-refractivity contribution in [2.75, 3.05) is 0 Å². The van der Waals surface area contributed by atoms with Crippen LogP contribution in [0.2, 0.25) is 0 Å². The van der Waals surface area contributed by atoms with Crippen LogP contribution >= 0.6 is 0 Å². The highest BCUT2D eigenvalue weighted by Gasteiger charge is 2.21. The van der Waals surface area contributed by atoms with Gasteiger partial charge in [0.15, 0.2) is 0 Å². The number of unbranched alkanes of at least 4 members (excludes halogenated alkanes) is 3. The summed E-state index contributed by atoms with van der Waals surface area (Å²) in [4.78, 5) is 0. The minimum atomic E-state index is 0.801. The summed E-state index contributed by atoms with van der Waals surface area (Å²) in [5.74, 6) is 1.80. The van der Waals surface area contributed by atoms with Crippen molar-refractivity contribution in [1.82, 2.24) is 0 Å². The standard InChI is InChI=1S/C30H42/c1-3-5-7-9-25-11-13-27(14-12-25)15-16-28-19-23-30(24-20-28)29-21-17-26(18-22-29)10-8-6-4-2/h7,9,11-14,19-20,23-24,26,29H,3-6,8,10,15-18,21-22H2,1-2H3. The third-order valence-electron chi connectivity index (χ3n) is 6.96. The van der Waals surface area contributed by atoms with Crippen molar-refractivity contribution >= 4 is 6.08 Å². The van der Waals surface area contributed by atoms with Crippen LogP contribution in [0.4, 0.5) is 0 Å². The van der Waals surface area contributed by atoms with Crippen LogP contribution in [-0.2, 0) is 12.8 Å². The summed E-state index contributed by atoms with van der Waals surface area (Å²) in [7, 11) is 0. The number of rotatable bonds is 11. The minimum Gasteiger partial charge on any atom is -0.0840 e. The van der Waals surface area contributed by atoms with Crippen molar-refractivity contribution in [3.8, 4) is 0 Å². The Bertz CT molecular complexity index is 727. The summed E-state index contributed by atoms with van der Waals surface area (Å²) in [6, 6.07) is 18.7. The lowest BCUT2D eigenvalue weighted by Crippen LogP contribution is -2.13. The monoisotopic (exact) mass is 402 g/mol. The molecule has 0 radical (unpaired) electrons. The van der Waals surface area contributed by atoms with Gasteiger partial charge in [0.1, 0.15) is 0 Å². The zero-order valence-electron chi connectivity index (χ0n) is 19.4. The average Bonchev–Trinajstić information content (AvgIpc) is 2.80. The molecule has 0 spiro atoms. The zero-order valence-corrected chi connectivity index (χ0v) is 19.4. The smallest absolute Gasteiger partial charge is 0.0162 e. The Kier molecular flexibility index (Phi) is 9.74. The van der Waals surface area contributed by atoms with Gasteiger partial charge in [0.25, 0.3) is 0 Å². The Morgan fingerprint density at radius 3 is 1.97 bits per heavy atom. The van der Waals surface area contributed by atoms with Gasteiger partial charge in [-0.1, -0.05) is 107 Å². The Labute approximate surface area is 185 Å². The minimum absolute atomic E-state index is 0.801. The van der Waals surface area contributed by atoms with Gasteiger partial charge in [-0.15, -0.1) is 0 Å². The molecule has 162 valence electrons. The fourth-order valence-corrected chi connectivity index (χ4v) is 4.89. The van der Waals surface area contributed by atoms with Crippen LogP contribution in [0.3, 0.4) is 0 Å². The van der Waals surface area contributed by atoms with Gasteiger partial charge in [0.2, 0.25) is 0 Å². The van der Waals surface area contributed by atoms with Crippen LogP contribution in [0.25, 0.3) is 6.08 Å². The first-order valence-corrected chi connectivity index (χ1v) is 12.6. The predicted molar refractivity (Wildman–Crippen MR) is 133 cm³/mol. The summed E-state index contributed by atoms with van der Waals surface area (Å²) in [5.41, 5.74) is 5.80. The number of aryl methyl sites for hydroxylation is 2. The van der Waals surface area contributed by atoms with Gasteiger partial charge in [-0.05, 0) is 79.0 Å². The van der Waals surface area contributed by atoms with Gasteiger partial charge in [0.05, 0.1) is 0 Å². The van der Waals surface area contributed by atoms with Crippen LogP contribution in [-0.4, -0.2) is 0 Å². The van der Waals surface area contributed by atoms with Gasteiger partial charge >= 0.3 is 0 Å². The maximum Gasteiger partial charge on any atom is -0.0162 e. The second-order valence-electron chi connectivity index (χ2n) is 9.39. The van der Waals surface area contributed by atoms with Crippen molar-refractivity contribution < 1.29 is 0 Å². The Morgan fingerprint density at radius 1 is 0.733 bits per heavy atom. The SMILES string of the molecule is CCCC=Cc1ccc(CCc2ccc(C3CCC(CCCCC)CC3)cc2)cc1. The number of hydrogen-bond acceptors (Lipinski definition) is 0. The maximum atomic E-state index is 2.42. The number of benzene rings is 2. The topological polar surface area (TPSA) is 0 Å². The Hall–Kier alpha value is -1.82. The molecule has 2 aromatic carbocycles. The first kappa shape index (κ1) is 22.9.